The lowest BCUT2D eigenvalue weighted by Crippen LogP contribution is -2.31. The highest BCUT2D eigenvalue weighted by Crippen LogP contribution is 2.33. The minimum atomic E-state index is -4.55. The van der Waals surface area contributed by atoms with Gasteiger partial charge in [0, 0.05) is 31.4 Å². The molecule has 0 saturated carbocycles. The third-order valence-corrected chi connectivity index (χ3v) is 5.33. The molecule has 1 amide bonds. The summed E-state index contributed by atoms with van der Waals surface area (Å²) in [7, 11) is 3.96. The first-order chi connectivity index (χ1) is 14.0. The highest BCUT2D eigenvalue weighted by Gasteiger charge is 2.32. The van der Waals surface area contributed by atoms with Crippen LogP contribution in [0.3, 0.4) is 0 Å². The second kappa shape index (κ2) is 8.73. The largest absolute Gasteiger partial charge is 0.416 e. The van der Waals surface area contributed by atoms with Gasteiger partial charge in [0.1, 0.15) is 5.82 Å². The van der Waals surface area contributed by atoms with E-state index in [1.807, 2.05) is 14.1 Å². The minimum Gasteiger partial charge on any atom is -0.322 e. The molecule has 0 aromatic heterocycles. The Kier molecular flexibility index (Phi) is 6.47. The van der Waals surface area contributed by atoms with Crippen molar-refractivity contribution in [3.05, 3.63) is 64.5 Å². The number of carbonyl (C=O) groups is 1. The maximum Gasteiger partial charge on any atom is 0.416 e. The lowest BCUT2D eigenvalue weighted by Gasteiger charge is -2.21. The summed E-state index contributed by atoms with van der Waals surface area (Å²) in [5.74, 6) is -1.50. The van der Waals surface area contributed by atoms with Crippen LogP contribution in [0.15, 0.2) is 36.4 Å². The Morgan fingerprint density at radius 3 is 2.53 bits per heavy atom. The summed E-state index contributed by atoms with van der Waals surface area (Å²) in [5, 5.41) is 2.42. The van der Waals surface area contributed by atoms with E-state index in [9.17, 15) is 22.4 Å². The van der Waals surface area contributed by atoms with Crippen molar-refractivity contribution in [3.8, 4) is 0 Å². The maximum absolute atomic E-state index is 14.1. The van der Waals surface area contributed by atoms with Gasteiger partial charge in [-0.1, -0.05) is 6.07 Å². The van der Waals surface area contributed by atoms with Gasteiger partial charge >= 0.3 is 6.18 Å². The SMILES string of the molecule is Cc1ccc(C(=O)Nc2cc(CN3CCC(N(C)C)C3)cc(C(F)(F)F)c2)c(F)c1. The number of likely N-dealkylation sites (N-methyl/N-ethyl adjacent to an activating group) is 1. The molecule has 162 valence electrons. The van der Waals surface area contributed by atoms with Crippen LogP contribution in [0.2, 0.25) is 0 Å². The van der Waals surface area contributed by atoms with E-state index in [0.717, 1.165) is 31.6 Å². The van der Waals surface area contributed by atoms with Gasteiger partial charge in [0.2, 0.25) is 0 Å². The lowest BCUT2D eigenvalue weighted by molar-refractivity contribution is -0.137. The van der Waals surface area contributed by atoms with Crippen molar-refractivity contribution in [1.29, 1.82) is 0 Å². The number of rotatable bonds is 5. The highest BCUT2D eigenvalue weighted by atomic mass is 19.4. The fraction of sp³-hybridized carbons (Fsp3) is 0.409. The van der Waals surface area contributed by atoms with Gasteiger partial charge in [0.25, 0.3) is 5.91 Å². The predicted molar refractivity (Wildman–Crippen MR) is 108 cm³/mol. The molecule has 4 nitrogen and oxygen atoms in total. The third kappa shape index (κ3) is 5.37. The Morgan fingerprint density at radius 2 is 1.93 bits per heavy atom. The number of likely N-dealkylation sites (tertiary alicyclic amines) is 1. The molecule has 1 saturated heterocycles. The molecular weight excluding hydrogens is 398 g/mol. The minimum absolute atomic E-state index is 0.00634. The molecule has 0 aliphatic carbocycles. The Morgan fingerprint density at radius 1 is 1.20 bits per heavy atom. The Balaban J connectivity index is 1.83. The smallest absolute Gasteiger partial charge is 0.322 e. The normalized spacial score (nSPS) is 17.5. The van der Waals surface area contributed by atoms with Crippen LogP contribution in [-0.4, -0.2) is 48.9 Å². The molecule has 1 heterocycles. The summed E-state index contributed by atoms with van der Waals surface area (Å²) < 4.78 is 54.3. The molecule has 1 aliphatic heterocycles. The fourth-order valence-electron chi connectivity index (χ4n) is 3.66. The van der Waals surface area contributed by atoms with E-state index >= 15 is 0 Å². The van der Waals surface area contributed by atoms with Gasteiger partial charge < -0.3 is 10.2 Å². The van der Waals surface area contributed by atoms with Crippen molar-refractivity contribution in [2.24, 2.45) is 0 Å². The summed E-state index contributed by atoms with van der Waals surface area (Å²) in [6.45, 7) is 3.58. The molecule has 1 unspecified atom stereocenters. The van der Waals surface area contributed by atoms with E-state index in [-0.39, 0.29) is 11.3 Å². The van der Waals surface area contributed by atoms with Crippen molar-refractivity contribution in [3.63, 3.8) is 0 Å². The number of hydrogen-bond donors (Lipinski definition) is 1. The van der Waals surface area contributed by atoms with Crippen LogP contribution in [0.25, 0.3) is 0 Å². The molecule has 1 aliphatic rings. The zero-order valence-electron chi connectivity index (χ0n) is 17.2. The first-order valence-corrected chi connectivity index (χ1v) is 9.70. The summed E-state index contributed by atoms with van der Waals surface area (Å²) in [6, 6.07) is 7.96. The van der Waals surface area contributed by atoms with E-state index < -0.39 is 23.5 Å². The summed E-state index contributed by atoms with van der Waals surface area (Å²) in [4.78, 5) is 16.6. The zero-order chi connectivity index (χ0) is 22.1. The molecule has 0 radical (unpaired) electrons. The number of anilines is 1. The molecule has 0 spiro atoms. The molecule has 30 heavy (non-hydrogen) atoms. The van der Waals surface area contributed by atoms with Crippen LogP contribution in [-0.2, 0) is 12.7 Å². The van der Waals surface area contributed by atoms with Gasteiger partial charge in [-0.25, -0.2) is 4.39 Å². The third-order valence-electron chi connectivity index (χ3n) is 5.33. The number of aryl methyl sites for hydroxylation is 1. The van der Waals surface area contributed by atoms with Gasteiger partial charge in [-0.3, -0.25) is 9.69 Å². The molecule has 2 aromatic carbocycles. The number of nitrogens with one attached hydrogen (secondary N) is 1. The van der Waals surface area contributed by atoms with Gasteiger partial charge in [-0.15, -0.1) is 0 Å². The summed E-state index contributed by atoms with van der Waals surface area (Å²) >= 11 is 0. The van der Waals surface area contributed by atoms with E-state index in [2.05, 4.69) is 15.1 Å². The van der Waals surface area contributed by atoms with Gasteiger partial charge in [-0.2, -0.15) is 13.2 Å². The molecule has 1 fully saturated rings. The van der Waals surface area contributed by atoms with Gasteiger partial charge in [0.15, 0.2) is 0 Å². The average molecular weight is 423 g/mol. The Bertz CT molecular complexity index is 927. The number of nitrogens with zero attached hydrogens (tertiary/aromatic N) is 2. The first-order valence-electron chi connectivity index (χ1n) is 9.70. The fourth-order valence-corrected chi connectivity index (χ4v) is 3.66. The first kappa shape index (κ1) is 22.2. The topological polar surface area (TPSA) is 35.6 Å². The number of carbonyl (C=O) groups excluding carboxylic acids is 1. The molecular formula is C22H25F4N3O. The standard InChI is InChI=1S/C22H25F4N3O/c1-14-4-5-19(20(23)8-14)21(30)27-17-10-15(9-16(11-17)22(24,25)26)12-29-7-6-18(13-29)28(2)3/h4-5,8-11,18H,6-7,12-13H2,1-3H3,(H,27,30). The predicted octanol–water partition coefficient (Wildman–Crippen LogP) is 4.54. The molecule has 1 atom stereocenters. The van der Waals surface area contributed by atoms with Crippen LogP contribution in [0.1, 0.15) is 33.5 Å². The van der Waals surface area contributed by atoms with Crippen molar-refractivity contribution >= 4 is 11.6 Å². The Labute approximate surface area is 173 Å². The number of benzene rings is 2. The van der Waals surface area contributed by atoms with Crippen LogP contribution < -0.4 is 5.32 Å². The summed E-state index contributed by atoms with van der Waals surface area (Å²) in [5.41, 5.74) is 0.0278. The van der Waals surface area contributed by atoms with Crippen molar-refractivity contribution < 1.29 is 22.4 Å². The number of hydrogen-bond acceptors (Lipinski definition) is 3. The number of amides is 1. The Hall–Kier alpha value is -2.45. The van der Waals surface area contributed by atoms with Crippen LogP contribution >= 0.6 is 0 Å². The maximum atomic E-state index is 14.1. The van der Waals surface area contributed by atoms with E-state index in [1.54, 1.807) is 13.0 Å². The van der Waals surface area contributed by atoms with Crippen LogP contribution in [0.5, 0.6) is 0 Å². The molecule has 3 rings (SSSR count). The molecule has 1 N–H and O–H groups in total. The molecule has 8 heteroatoms. The van der Waals surface area contributed by atoms with Gasteiger partial charge in [0.05, 0.1) is 11.1 Å². The number of alkyl halides is 3. The quantitative estimate of drug-likeness (QED) is 0.718. The monoisotopic (exact) mass is 423 g/mol. The average Bonchev–Trinajstić information content (AvgIpc) is 3.09. The van der Waals surface area contributed by atoms with Gasteiger partial charge in [-0.05, 0) is 68.9 Å². The molecule has 0 bridgehead atoms. The van der Waals surface area contributed by atoms with E-state index in [0.29, 0.717) is 23.7 Å². The second-order valence-electron chi connectivity index (χ2n) is 8.00. The van der Waals surface area contributed by atoms with Crippen molar-refractivity contribution in [2.75, 3.05) is 32.5 Å². The van der Waals surface area contributed by atoms with Crippen LogP contribution in [0, 0.1) is 12.7 Å². The molecule has 2 aromatic rings. The van der Waals surface area contributed by atoms with Crippen molar-refractivity contribution in [2.45, 2.75) is 32.1 Å². The summed E-state index contributed by atoms with van der Waals surface area (Å²) in [6.07, 6.45) is -3.61. The lowest BCUT2D eigenvalue weighted by atomic mass is 10.1. The van der Waals surface area contributed by atoms with E-state index in [1.165, 1.54) is 18.2 Å². The van der Waals surface area contributed by atoms with Crippen molar-refractivity contribution in [1.82, 2.24) is 9.80 Å². The second-order valence-corrected chi connectivity index (χ2v) is 8.00. The highest BCUT2D eigenvalue weighted by molar-refractivity contribution is 6.04. The van der Waals surface area contributed by atoms with E-state index in [4.69, 9.17) is 0 Å². The zero-order valence-corrected chi connectivity index (χ0v) is 17.2. The van der Waals surface area contributed by atoms with Crippen LogP contribution in [0.4, 0.5) is 23.2 Å². The number of halogens is 4.